The molecule has 2 N–H and O–H groups in total. The number of nitrogens with one attached hydrogen (secondary N) is 1. The molecule has 0 radical (unpaired) electrons. The Balaban J connectivity index is 1.86. The fraction of sp³-hybridized carbons (Fsp3) is 0.267. The van der Waals surface area contributed by atoms with Gasteiger partial charge in [0.25, 0.3) is 0 Å². The van der Waals surface area contributed by atoms with Crippen molar-refractivity contribution in [3.63, 3.8) is 0 Å². The van der Waals surface area contributed by atoms with Crippen molar-refractivity contribution in [1.82, 2.24) is 15.0 Å². The van der Waals surface area contributed by atoms with Crippen molar-refractivity contribution in [2.75, 3.05) is 11.9 Å². The first-order valence-electron chi connectivity index (χ1n) is 7.12. The Morgan fingerprint density at radius 3 is 2.88 bits per heavy atom. The first-order valence-corrected chi connectivity index (χ1v) is 10.5. The molecule has 126 valence electrons. The molecule has 1 unspecified atom stereocenters. The summed E-state index contributed by atoms with van der Waals surface area (Å²) < 4.78 is 2.93. The fourth-order valence-electron chi connectivity index (χ4n) is 1.98. The Morgan fingerprint density at radius 2 is 2.12 bits per heavy atom. The highest BCUT2D eigenvalue weighted by molar-refractivity contribution is 9.11. The van der Waals surface area contributed by atoms with Crippen molar-refractivity contribution in [2.24, 2.45) is 0 Å². The molecule has 9 heteroatoms. The normalized spacial score (nSPS) is 13.8. The molecule has 0 amide bonds. The molecule has 2 atom stereocenters. The van der Waals surface area contributed by atoms with Crippen LogP contribution in [0.1, 0.15) is 16.6 Å². The van der Waals surface area contributed by atoms with Gasteiger partial charge in [-0.15, -0.1) is 11.3 Å². The number of aromatic nitrogens is 3. The minimum absolute atomic E-state index is 0.0391. The molecular formula is C15H14Br2N4OS2. The van der Waals surface area contributed by atoms with Crippen molar-refractivity contribution in [2.45, 2.75) is 21.5 Å². The van der Waals surface area contributed by atoms with E-state index in [-0.39, 0.29) is 16.8 Å². The van der Waals surface area contributed by atoms with Gasteiger partial charge < -0.3 is 10.4 Å². The lowest BCUT2D eigenvalue weighted by atomic mass is 10.2. The summed E-state index contributed by atoms with van der Waals surface area (Å²) in [5.41, 5.74) is 1.82. The maximum atomic E-state index is 9.21. The summed E-state index contributed by atoms with van der Waals surface area (Å²) in [5, 5.41) is 12.4. The van der Waals surface area contributed by atoms with Gasteiger partial charge in [0.1, 0.15) is 16.8 Å². The molecule has 3 aromatic rings. The maximum Gasteiger partial charge on any atom is 0.176 e. The smallest absolute Gasteiger partial charge is 0.176 e. The number of aliphatic hydroxyl groups is 1. The second-order valence-corrected chi connectivity index (χ2v) is 9.77. The summed E-state index contributed by atoms with van der Waals surface area (Å²) in [6.45, 7) is 1.93. The number of thioether (sulfide) groups is 1. The second kappa shape index (κ2) is 8.09. The van der Waals surface area contributed by atoms with Crippen LogP contribution in [0.25, 0.3) is 10.3 Å². The molecule has 5 nitrogen and oxygen atoms in total. The van der Waals surface area contributed by atoms with Crippen LogP contribution in [0.2, 0.25) is 0 Å². The number of anilines is 1. The highest BCUT2D eigenvalue weighted by Crippen LogP contribution is 2.45. The van der Waals surface area contributed by atoms with E-state index in [1.54, 1.807) is 23.1 Å². The summed E-state index contributed by atoms with van der Waals surface area (Å²) in [6.07, 6.45) is 1.49. The van der Waals surface area contributed by atoms with Gasteiger partial charge in [-0.05, 0) is 18.6 Å². The van der Waals surface area contributed by atoms with E-state index in [1.165, 1.54) is 6.33 Å². The summed E-state index contributed by atoms with van der Waals surface area (Å²) >= 11 is 10.5. The minimum atomic E-state index is -0.0782. The fourth-order valence-corrected chi connectivity index (χ4v) is 6.34. The summed E-state index contributed by atoms with van der Waals surface area (Å²) in [6, 6.07) is 8.01. The Labute approximate surface area is 164 Å². The van der Waals surface area contributed by atoms with Crippen molar-refractivity contribution in [3.05, 3.63) is 40.6 Å². The number of nitrogens with zero attached hydrogens (tertiary/aromatic N) is 3. The van der Waals surface area contributed by atoms with Gasteiger partial charge in [-0.25, -0.2) is 15.0 Å². The number of fused-ring (bicyclic) bond motifs is 1. The molecular weight excluding hydrogens is 476 g/mol. The number of benzene rings is 1. The predicted octanol–water partition coefficient (Wildman–Crippen LogP) is 4.83. The second-order valence-electron chi connectivity index (χ2n) is 5.04. The molecule has 0 aliphatic rings. The van der Waals surface area contributed by atoms with E-state index in [9.17, 15) is 5.11 Å². The number of rotatable bonds is 6. The monoisotopic (exact) mass is 488 g/mol. The van der Waals surface area contributed by atoms with Crippen LogP contribution in [-0.4, -0.2) is 32.7 Å². The molecule has 0 saturated carbocycles. The standard InChI is InChI=1S/C15H14Br2N4OS2/c1-8(6-22)20-13-11-14(19-7-18-13)21-15(23-11)24-12(17)9-4-2-3-5-10(9)16/h2-5,7-8,12,22H,6H2,1H3,(H,18,19,20)/t8-,12?/m1/s1. The van der Waals surface area contributed by atoms with Crippen LogP contribution < -0.4 is 5.32 Å². The number of alkyl halides is 1. The first kappa shape index (κ1) is 18.1. The third-order valence-corrected chi connectivity index (χ3v) is 7.10. The first-order chi connectivity index (χ1) is 11.6. The molecule has 2 heterocycles. The van der Waals surface area contributed by atoms with Crippen LogP contribution in [0.5, 0.6) is 0 Å². The van der Waals surface area contributed by atoms with Gasteiger partial charge in [-0.1, -0.05) is 61.8 Å². The van der Waals surface area contributed by atoms with E-state index in [0.717, 1.165) is 19.1 Å². The maximum absolute atomic E-state index is 9.21. The molecule has 0 spiro atoms. The van der Waals surface area contributed by atoms with Crippen LogP contribution in [0.3, 0.4) is 0 Å². The number of halogens is 2. The van der Waals surface area contributed by atoms with E-state index in [0.29, 0.717) is 11.5 Å². The number of hydrogen-bond acceptors (Lipinski definition) is 7. The van der Waals surface area contributed by atoms with E-state index >= 15 is 0 Å². The van der Waals surface area contributed by atoms with Gasteiger partial charge in [0.05, 0.1) is 10.8 Å². The lowest BCUT2D eigenvalue weighted by molar-refractivity contribution is 0.281. The lowest BCUT2D eigenvalue weighted by Gasteiger charge is -2.11. The zero-order valence-corrected chi connectivity index (χ0v) is 17.4. The molecule has 0 aliphatic heterocycles. The van der Waals surface area contributed by atoms with E-state index < -0.39 is 0 Å². The third-order valence-electron chi connectivity index (χ3n) is 3.18. The van der Waals surface area contributed by atoms with Crippen molar-refractivity contribution < 1.29 is 5.11 Å². The molecule has 0 bridgehead atoms. The Kier molecular flexibility index (Phi) is 6.09. The van der Waals surface area contributed by atoms with Gasteiger partial charge in [0, 0.05) is 10.5 Å². The molecule has 0 saturated heterocycles. The van der Waals surface area contributed by atoms with E-state index in [4.69, 9.17) is 0 Å². The number of hydrogen-bond donors (Lipinski definition) is 2. The average molecular weight is 490 g/mol. The van der Waals surface area contributed by atoms with Crippen molar-refractivity contribution >= 4 is 71.1 Å². The van der Waals surface area contributed by atoms with Crippen LogP contribution in [0.15, 0.2) is 39.4 Å². The van der Waals surface area contributed by atoms with Gasteiger partial charge >= 0.3 is 0 Å². The minimum Gasteiger partial charge on any atom is -0.394 e. The highest BCUT2D eigenvalue weighted by atomic mass is 79.9. The van der Waals surface area contributed by atoms with Crippen LogP contribution >= 0.6 is 55.0 Å². The quantitative estimate of drug-likeness (QED) is 0.381. The molecule has 2 aromatic heterocycles. The van der Waals surface area contributed by atoms with Gasteiger partial charge in [-0.2, -0.15) is 0 Å². The van der Waals surface area contributed by atoms with E-state index in [2.05, 4.69) is 58.2 Å². The Morgan fingerprint density at radius 1 is 1.33 bits per heavy atom. The zero-order chi connectivity index (χ0) is 17.1. The van der Waals surface area contributed by atoms with Gasteiger partial charge in [0.15, 0.2) is 9.99 Å². The molecule has 0 fully saturated rings. The SMILES string of the molecule is C[C@H](CO)Nc1ncnc2nc(SC(Br)c3ccccc3Br)sc12. The molecule has 24 heavy (non-hydrogen) atoms. The van der Waals surface area contributed by atoms with Crippen molar-refractivity contribution in [3.8, 4) is 0 Å². The number of thiazole rings is 1. The van der Waals surface area contributed by atoms with Crippen LogP contribution in [0.4, 0.5) is 5.82 Å². The van der Waals surface area contributed by atoms with Crippen LogP contribution in [0, 0.1) is 0 Å². The predicted molar refractivity (Wildman–Crippen MR) is 107 cm³/mol. The van der Waals surface area contributed by atoms with Gasteiger partial charge in [0.2, 0.25) is 0 Å². The average Bonchev–Trinajstić information content (AvgIpc) is 2.98. The summed E-state index contributed by atoms with van der Waals surface area (Å²) in [7, 11) is 0. The van der Waals surface area contributed by atoms with Crippen molar-refractivity contribution in [1.29, 1.82) is 0 Å². The van der Waals surface area contributed by atoms with Crippen LogP contribution in [-0.2, 0) is 0 Å². The third kappa shape index (κ3) is 4.08. The lowest BCUT2D eigenvalue weighted by Crippen LogP contribution is -2.20. The molecule has 3 rings (SSSR count). The molecule has 0 aliphatic carbocycles. The zero-order valence-electron chi connectivity index (χ0n) is 12.6. The molecule has 1 aromatic carbocycles. The highest BCUT2D eigenvalue weighted by Gasteiger charge is 2.17. The largest absolute Gasteiger partial charge is 0.394 e. The topological polar surface area (TPSA) is 70.9 Å². The Bertz CT molecular complexity index is 845. The Hall–Kier alpha value is -0.740. The summed E-state index contributed by atoms with van der Waals surface area (Å²) in [4.78, 5) is 13.1. The summed E-state index contributed by atoms with van der Waals surface area (Å²) in [5.74, 6) is 0.706. The van der Waals surface area contributed by atoms with E-state index in [1.807, 2.05) is 25.1 Å². The number of aliphatic hydroxyl groups excluding tert-OH is 1. The van der Waals surface area contributed by atoms with Gasteiger partial charge in [-0.3, -0.25) is 0 Å².